The normalized spacial score (nSPS) is 20.3. The van der Waals surface area contributed by atoms with E-state index < -0.39 is 22.9 Å². The zero-order chi connectivity index (χ0) is 14.7. The van der Waals surface area contributed by atoms with Crippen molar-refractivity contribution in [2.24, 2.45) is 5.92 Å². The van der Waals surface area contributed by atoms with Gasteiger partial charge in [-0.3, -0.25) is 14.9 Å². The van der Waals surface area contributed by atoms with Crippen LogP contribution in [0.4, 0.5) is 0 Å². The molecular weight excluding hydrogens is 309 g/mol. The van der Waals surface area contributed by atoms with E-state index in [4.69, 9.17) is 32.7 Å². The van der Waals surface area contributed by atoms with Crippen molar-refractivity contribution in [2.45, 2.75) is 12.5 Å². The molecule has 0 radical (unpaired) electrons. The fourth-order valence-corrected chi connectivity index (χ4v) is 2.12. The van der Waals surface area contributed by atoms with E-state index in [9.17, 15) is 14.9 Å². The smallest absolute Gasteiger partial charge is 0.316 e. The quantitative estimate of drug-likeness (QED) is 0.348. The molecule has 1 fully saturated rings. The first-order valence-corrected chi connectivity index (χ1v) is 6.62. The van der Waals surface area contributed by atoms with Crippen LogP contribution >= 0.6 is 23.2 Å². The number of hydrogen-bond donors (Lipinski definition) is 0. The van der Waals surface area contributed by atoms with E-state index in [1.54, 1.807) is 12.1 Å². The van der Waals surface area contributed by atoms with E-state index in [1.165, 1.54) is 6.07 Å². The van der Waals surface area contributed by atoms with Crippen LogP contribution in [0.5, 0.6) is 5.75 Å². The third-order valence-corrected chi connectivity index (χ3v) is 3.34. The van der Waals surface area contributed by atoms with E-state index in [1.807, 2.05) is 0 Å². The highest BCUT2D eigenvalue weighted by molar-refractivity contribution is 6.35. The molecule has 0 saturated heterocycles. The van der Waals surface area contributed by atoms with Crippen molar-refractivity contribution in [2.75, 3.05) is 13.2 Å². The predicted octanol–water partition coefficient (Wildman–Crippen LogP) is 2.58. The highest BCUT2D eigenvalue weighted by Gasteiger charge is 2.54. The van der Waals surface area contributed by atoms with Gasteiger partial charge in [0.05, 0.1) is 5.02 Å². The summed E-state index contributed by atoms with van der Waals surface area (Å²) in [5, 5.41) is 11.3. The van der Waals surface area contributed by atoms with Gasteiger partial charge in [0.1, 0.15) is 24.9 Å². The van der Waals surface area contributed by atoms with Gasteiger partial charge in [0.2, 0.25) is 6.04 Å². The average Bonchev–Trinajstić information content (AvgIpc) is 3.16. The lowest BCUT2D eigenvalue weighted by Crippen LogP contribution is -2.17. The Hall–Kier alpha value is -1.53. The van der Waals surface area contributed by atoms with Crippen molar-refractivity contribution in [3.63, 3.8) is 0 Å². The number of ether oxygens (including phenoxy) is 2. The number of esters is 1. The number of benzene rings is 1. The topological polar surface area (TPSA) is 78.7 Å². The third-order valence-electron chi connectivity index (χ3n) is 2.81. The summed E-state index contributed by atoms with van der Waals surface area (Å²) in [6.45, 7) is 0.127. The standard InChI is InChI=1S/C12H11Cl2NO5/c13-7-1-2-11(9(14)5-7)19-3-4-20-12(16)8-6-10(8)15(17)18/h1-2,5,8,10H,3-4,6H2. The fraction of sp³-hybridized carbons (Fsp3) is 0.417. The summed E-state index contributed by atoms with van der Waals surface area (Å²) in [6, 6.07) is 3.97. The van der Waals surface area contributed by atoms with E-state index in [0.29, 0.717) is 15.8 Å². The van der Waals surface area contributed by atoms with Crippen molar-refractivity contribution in [1.29, 1.82) is 0 Å². The minimum atomic E-state index is -0.797. The Morgan fingerprint density at radius 2 is 2.15 bits per heavy atom. The van der Waals surface area contributed by atoms with Gasteiger partial charge < -0.3 is 9.47 Å². The zero-order valence-corrected chi connectivity index (χ0v) is 11.8. The lowest BCUT2D eigenvalue weighted by Gasteiger charge is -2.08. The molecule has 20 heavy (non-hydrogen) atoms. The van der Waals surface area contributed by atoms with Crippen LogP contribution in [0.25, 0.3) is 0 Å². The van der Waals surface area contributed by atoms with Crippen molar-refractivity contribution < 1.29 is 19.2 Å². The second-order valence-corrected chi connectivity index (χ2v) is 5.13. The van der Waals surface area contributed by atoms with Crippen LogP contribution in [0.3, 0.4) is 0 Å². The molecule has 6 nitrogen and oxygen atoms in total. The Morgan fingerprint density at radius 3 is 2.75 bits per heavy atom. The van der Waals surface area contributed by atoms with Gasteiger partial charge in [-0.2, -0.15) is 0 Å². The minimum absolute atomic E-state index is 0.0126. The summed E-state index contributed by atoms with van der Waals surface area (Å²) in [7, 11) is 0. The predicted molar refractivity (Wildman–Crippen MR) is 71.8 cm³/mol. The molecule has 0 amide bonds. The summed E-state index contributed by atoms with van der Waals surface area (Å²) in [6.07, 6.45) is 0.246. The van der Waals surface area contributed by atoms with Gasteiger partial charge in [0.15, 0.2) is 0 Å². The second-order valence-electron chi connectivity index (χ2n) is 4.29. The van der Waals surface area contributed by atoms with Crippen LogP contribution < -0.4 is 4.74 Å². The van der Waals surface area contributed by atoms with E-state index >= 15 is 0 Å². The number of nitro groups is 1. The van der Waals surface area contributed by atoms with Crippen LogP contribution in [-0.2, 0) is 9.53 Å². The van der Waals surface area contributed by atoms with E-state index in [2.05, 4.69) is 0 Å². The molecule has 0 N–H and O–H groups in total. The van der Waals surface area contributed by atoms with Crippen molar-refractivity contribution >= 4 is 29.2 Å². The zero-order valence-electron chi connectivity index (χ0n) is 10.3. The molecule has 108 valence electrons. The Bertz CT molecular complexity index is 537. The highest BCUT2D eigenvalue weighted by Crippen LogP contribution is 2.34. The monoisotopic (exact) mass is 319 g/mol. The molecule has 2 rings (SSSR count). The molecule has 0 heterocycles. The van der Waals surface area contributed by atoms with Crippen molar-refractivity contribution in [1.82, 2.24) is 0 Å². The maximum atomic E-state index is 11.4. The Labute approximate surface area is 124 Å². The summed E-state index contributed by atoms with van der Waals surface area (Å²) >= 11 is 11.6. The molecule has 2 atom stereocenters. The lowest BCUT2D eigenvalue weighted by atomic mass is 10.3. The molecule has 1 aromatic carbocycles. The van der Waals surface area contributed by atoms with Crippen LogP contribution in [-0.4, -0.2) is 30.1 Å². The molecule has 1 aliphatic rings. The van der Waals surface area contributed by atoms with Crippen LogP contribution in [0, 0.1) is 16.0 Å². The maximum absolute atomic E-state index is 11.4. The third kappa shape index (κ3) is 3.74. The number of carbonyl (C=O) groups excluding carboxylic acids is 1. The number of hydrogen-bond acceptors (Lipinski definition) is 5. The Morgan fingerprint density at radius 1 is 1.40 bits per heavy atom. The molecule has 0 aromatic heterocycles. The molecular formula is C12H11Cl2NO5. The lowest BCUT2D eigenvalue weighted by molar-refractivity contribution is -0.497. The van der Waals surface area contributed by atoms with Crippen LogP contribution in [0.2, 0.25) is 10.0 Å². The first-order chi connectivity index (χ1) is 9.49. The minimum Gasteiger partial charge on any atom is -0.488 e. The maximum Gasteiger partial charge on any atom is 0.316 e. The fourth-order valence-electron chi connectivity index (χ4n) is 1.66. The summed E-state index contributed by atoms with van der Waals surface area (Å²) in [4.78, 5) is 21.4. The number of rotatable bonds is 6. The summed E-state index contributed by atoms with van der Waals surface area (Å²) in [5.41, 5.74) is 0. The van der Waals surface area contributed by atoms with Gasteiger partial charge in [-0.25, -0.2) is 0 Å². The molecule has 2 unspecified atom stereocenters. The second kappa shape index (κ2) is 6.28. The SMILES string of the molecule is O=C(OCCOc1ccc(Cl)cc1Cl)C1CC1[N+](=O)[O-]. The van der Waals surface area contributed by atoms with Crippen LogP contribution in [0.15, 0.2) is 18.2 Å². The molecule has 1 saturated carbocycles. The van der Waals surface area contributed by atoms with Gasteiger partial charge >= 0.3 is 5.97 Å². The highest BCUT2D eigenvalue weighted by atomic mass is 35.5. The van der Waals surface area contributed by atoms with E-state index in [-0.39, 0.29) is 19.6 Å². The van der Waals surface area contributed by atoms with E-state index in [0.717, 1.165) is 0 Å². The van der Waals surface area contributed by atoms with Gasteiger partial charge in [-0.15, -0.1) is 0 Å². The molecule has 1 aliphatic carbocycles. The van der Waals surface area contributed by atoms with Gasteiger partial charge in [-0.05, 0) is 18.2 Å². The van der Waals surface area contributed by atoms with Gasteiger partial charge in [-0.1, -0.05) is 23.2 Å². The summed E-state index contributed by atoms with van der Waals surface area (Å²) < 4.78 is 10.2. The van der Waals surface area contributed by atoms with Crippen molar-refractivity contribution in [3.8, 4) is 5.75 Å². The van der Waals surface area contributed by atoms with Crippen LogP contribution in [0.1, 0.15) is 6.42 Å². The van der Waals surface area contributed by atoms with Gasteiger partial charge in [0.25, 0.3) is 0 Å². The van der Waals surface area contributed by atoms with Crippen molar-refractivity contribution in [3.05, 3.63) is 38.4 Å². The summed E-state index contributed by atoms with van der Waals surface area (Å²) in [5.74, 6) is -0.747. The molecule has 0 aliphatic heterocycles. The average molecular weight is 320 g/mol. The number of halogens is 2. The number of carbonyl (C=O) groups is 1. The Balaban J connectivity index is 1.69. The molecule has 0 spiro atoms. The largest absolute Gasteiger partial charge is 0.488 e. The van der Waals surface area contributed by atoms with Gasteiger partial charge in [0, 0.05) is 16.4 Å². The number of nitrogens with zero attached hydrogens (tertiary/aromatic N) is 1. The molecule has 1 aromatic rings. The molecule has 8 heteroatoms. The molecule has 0 bridgehead atoms. The first-order valence-electron chi connectivity index (χ1n) is 5.87. The Kier molecular flexibility index (Phi) is 4.67. The first kappa shape index (κ1) is 14.9.